The van der Waals surface area contributed by atoms with Crippen LogP contribution in [-0.2, 0) is 4.74 Å². The van der Waals surface area contributed by atoms with Gasteiger partial charge in [0, 0.05) is 19.0 Å². The number of alkyl carbamates (subject to hydrolysis) is 1. The molecule has 1 atom stereocenters. The third-order valence-electron chi connectivity index (χ3n) is 2.08. The number of aliphatic hydroxyl groups excluding tert-OH is 1. The Morgan fingerprint density at radius 2 is 2.11 bits per heavy atom. The molecule has 0 saturated heterocycles. The predicted octanol–water partition coefficient (Wildman–Crippen LogP) is 1.43. The minimum absolute atomic E-state index is 0.181. The molecular formula is C12H25ClN2O3. The summed E-state index contributed by atoms with van der Waals surface area (Å²) in [6.07, 6.45) is -0.243. The number of nitrogens with one attached hydrogen (secondary N) is 1. The van der Waals surface area contributed by atoms with Crippen molar-refractivity contribution < 1.29 is 14.6 Å². The first-order valence-electron chi connectivity index (χ1n) is 6.14. The van der Waals surface area contributed by atoms with Crippen molar-refractivity contribution >= 4 is 17.7 Å². The van der Waals surface area contributed by atoms with Crippen LogP contribution in [-0.4, -0.2) is 60.4 Å². The summed E-state index contributed by atoms with van der Waals surface area (Å²) in [5.41, 5.74) is -0.522. The van der Waals surface area contributed by atoms with E-state index in [9.17, 15) is 9.90 Å². The molecule has 6 heteroatoms. The van der Waals surface area contributed by atoms with E-state index in [0.29, 0.717) is 12.4 Å². The molecule has 0 aromatic heterocycles. The van der Waals surface area contributed by atoms with Crippen molar-refractivity contribution in [1.82, 2.24) is 10.2 Å². The zero-order valence-electron chi connectivity index (χ0n) is 11.7. The van der Waals surface area contributed by atoms with Gasteiger partial charge in [-0.15, -0.1) is 11.6 Å². The summed E-state index contributed by atoms with van der Waals surface area (Å²) in [5.74, 6) is 0.608. The lowest BCUT2D eigenvalue weighted by molar-refractivity contribution is 0.0475. The van der Waals surface area contributed by atoms with Crippen molar-refractivity contribution in [2.24, 2.45) is 0 Å². The molecule has 108 valence electrons. The molecule has 0 fully saturated rings. The predicted molar refractivity (Wildman–Crippen MR) is 73.1 cm³/mol. The normalized spacial score (nSPS) is 13.5. The van der Waals surface area contributed by atoms with E-state index in [1.54, 1.807) is 20.8 Å². The minimum Gasteiger partial charge on any atom is -0.444 e. The number of aliphatic hydroxyl groups is 1. The second-order valence-corrected chi connectivity index (χ2v) is 5.72. The Labute approximate surface area is 114 Å². The molecule has 0 aromatic carbocycles. The molecule has 0 bridgehead atoms. The molecule has 2 N–H and O–H groups in total. The maximum atomic E-state index is 11.3. The Balaban J connectivity index is 3.76. The van der Waals surface area contributed by atoms with Gasteiger partial charge in [-0.05, 0) is 40.8 Å². The number of halogens is 1. The molecule has 0 aromatic rings. The fourth-order valence-corrected chi connectivity index (χ4v) is 1.48. The van der Waals surface area contributed by atoms with Gasteiger partial charge < -0.3 is 20.1 Å². The summed E-state index contributed by atoms with van der Waals surface area (Å²) >= 11 is 5.58. The summed E-state index contributed by atoms with van der Waals surface area (Å²) < 4.78 is 5.07. The smallest absolute Gasteiger partial charge is 0.407 e. The van der Waals surface area contributed by atoms with Crippen LogP contribution in [0, 0.1) is 0 Å². The molecule has 1 unspecified atom stereocenters. The third kappa shape index (κ3) is 10.6. The van der Waals surface area contributed by atoms with Crippen molar-refractivity contribution in [2.45, 2.75) is 38.9 Å². The van der Waals surface area contributed by atoms with Crippen LogP contribution in [0.4, 0.5) is 4.79 Å². The van der Waals surface area contributed by atoms with Crippen LogP contribution in [0.25, 0.3) is 0 Å². The summed E-state index contributed by atoms with van der Waals surface area (Å²) in [6, 6.07) is 0. The average Bonchev–Trinajstić information content (AvgIpc) is 2.21. The van der Waals surface area contributed by atoms with Gasteiger partial charge in [-0.1, -0.05) is 0 Å². The molecule has 0 aliphatic carbocycles. The van der Waals surface area contributed by atoms with E-state index in [2.05, 4.69) is 5.32 Å². The summed E-state index contributed by atoms with van der Waals surface area (Å²) in [7, 11) is 1.91. The van der Waals surface area contributed by atoms with Gasteiger partial charge in [-0.2, -0.15) is 0 Å². The van der Waals surface area contributed by atoms with E-state index in [0.717, 1.165) is 13.0 Å². The number of hydrogen-bond donors (Lipinski definition) is 2. The number of amides is 1. The van der Waals surface area contributed by atoms with Crippen molar-refractivity contribution in [1.29, 1.82) is 0 Å². The highest BCUT2D eigenvalue weighted by atomic mass is 35.5. The number of alkyl halides is 1. The van der Waals surface area contributed by atoms with Crippen molar-refractivity contribution in [3.63, 3.8) is 0 Å². The van der Waals surface area contributed by atoms with Gasteiger partial charge in [-0.3, -0.25) is 0 Å². The van der Waals surface area contributed by atoms with Crippen LogP contribution in [0.2, 0.25) is 0 Å². The van der Waals surface area contributed by atoms with Gasteiger partial charge in [0.1, 0.15) is 5.60 Å². The van der Waals surface area contributed by atoms with E-state index in [1.165, 1.54) is 0 Å². The SMILES string of the molecule is CN(CCCCl)CC(O)CNC(=O)OC(C)(C)C. The summed E-state index contributed by atoms with van der Waals surface area (Å²) in [4.78, 5) is 13.3. The highest BCUT2D eigenvalue weighted by molar-refractivity contribution is 6.17. The first-order chi connectivity index (χ1) is 8.24. The van der Waals surface area contributed by atoms with Gasteiger partial charge >= 0.3 is 6.09 Å². The fourth-order valence-electron chi connectivity index (χ4n) is 1.36. The Hall–Kier alpha value is -0.520. The molecule has 0 radical (unpaired) electrons. The first kappa shape index (κ1) is 17.5. The van der Waals surface area contributed by atoms with E-state index in [1.807, 2.05) is 11.9 Å². The fraction of sp³-hybridized carbons (Fsp3) is 0.917. The quantitative estimate of drug-likeness (QED) is 0.693. The van der Waals surface area contributed by atoms with E-state index >= 15 is 0 Å². The lowest BCUT2D eigenvalue weighted by atomic mass is 10.2. The van der Waals surface area contributed by atoms with Gasteiger partial charge in [0.2, 0.25) is 0 Å². The Morgan fingerprint density at radius 3 is 2.61 bits per heavy atom. The van der Waals surface area contributed by atoms with Crippen LogP contribution in [0.15, 0.2) is 0 Å². The van der Waals surface area contributed by atoms with Crippen molar-refractivity contribution in [3.8, 4) is 0 Å². The topological polar surface area (TPSA) is 61.8 Å². The number of nitrogens with zero attached hydrogens (tertiary/aromatic N) is 1. The van der Waals surface area contributed by atoms with Crippen LogP contribution < -0.4 is 5.32 Å². The lowest BCUT2D eigenvalue weighted by Crippen LogP contribution is -2.41. The van der Waals surface area contributed by atoms with Crippen LogP contribution in [0.5, 0.6) is 0 Å². The van der Waals surface area contributed by atoms with Crippen molar-refractivity contribution in [3.05, 3.63) is 0 Å². The molecule has 5 nitrogen and oxygen atoms in total. The lowest BCUT2D eigenvalue weighted by Gasteiger charge is -2.22. The van der Waals surface area contributed by atoms with Gasteiger partial charge in [0.05, 0.1) is 6.10 Å². The van der Waals surface area contributed by atoms with E-state index in [4.69, 9.17) is 16.3 Å². The average molecular weight is 281 g/mol. The number of likely N-dealkylation sites (N-methyl/N-ethyl adjacent to an activating group) is 1. The molecular weight excluding hydrogens is 256 g/mol. The van der Waals surface area contributed by atoms with Gasteiger partial charge in [-0.25, -0.2) is 4.79 Å². The summed E-state index contributed by atoms with van der Waals surface area (Å²) in [6.45, 7) is 6.88. The number of rotatable bonds is 7. The second-order valence-electron chi connectivity index (χ2n) is 5.34. The highest BCUT2D eigenvalue weighted by Crippen LogP contribution is 2.06. The molecule has 0 aliphatic heterocycles. The number of hydrogen-bond acceptors (Lipinski definition) is 4. The van der Waals surface area contributed by atoms with E-state index < -0.39 is 17.8 Å². The zero-order chi connectivity index (χ0) is 14.2. The van der Waals surface area contributed by atoms with Crippen LogP contribution in [0.1, 0.15) is 27.2 Å². The number of carbonyl (C=O) groups is 1. The standard InChI is InChI=1S/C12H25ClN2O3/c1-12(2,3)18-11(17)14-8-10(16)9-15(4)7-5-6-13/h10,16H,5-9H2,1-4H3,(H,14,17). The Bertz CT molecular complexity index is 244. The molecule has 18 heavy (non-hydrogen) atoms. The zero-order valence-corrected chi connectivity index (χ0v) is 12.5. The maximum absolute atomic E-state index is 11.3. The van der Waals surface area contributed by atoms with Gasteiger partial charge in [0.25, 0.3) is 0 Å². The third-order valence-corrected chi connectivity index (χ3v) is 2.34. The molecule has 0 saturated carbocycles. The largest absolute Gasteiger partial charge is 0.444 e. The second kappa shape index (κ2) is 8.56. The molecule has 1 amide bonds. The van der Waals surface area contributed by atoms with Crippen LogP contribution >= 0.6 is 11.6 Å². The van der Waals surface area contributed by atoms with Crippen molar-refractivity contribution in [2.75, 3.05) is 32.6 Å². The minimum atomic E-state index is -0.613. The molecule has 0 heterocycles. The Kier molecular flexibility index (Phi) is 8.31. The maximum Gasteiger partial charge on any atom is 0.407 e. The molecule has 0 aliphatic rings. The monoisotopic (exact) mass is 280 g/mol. The van der Waals surface area contributed by atoms with Crippen LogP contribution in [0.3, 0.4) is 0 Å². The number of ether oxygens (including phenoxy) is 1. The molecule has 0 spiro atoms. The first-order valence-corrected chi connectivity index (χ1v) is 6.67. The van der Waals surface area contributed by atoms with E-state index in [-0.39, 0.29) is 6.54 Å². The molecule has 0 rings (SSSR count). The van der Waals surface area contributed by atoms with Gasteiger partial charge in [0.15, 0.2) is 0 Å². The highest BCUT2D eigenvalue weighted by Gasteiger charge is 2.17. The summed E-state index contributed by atoms with van der Waals surface area (Å²) in [5, 5.41) is 12.3. The Morgan fingerprint density at radius 1 is 1.50 bits per heavy atom. The number of carbonyl (C=O) groups excluding carboxylic acids is 1.